The third-order valence-corrected chi connectivity index (χ3v) is 5.88. The molecule has 0 aromatic carbocycles. The third-order valence-electron chi connectivity index (χ3n) is 5.88. The maximum atomic E-state index is 6.08. The molecule has 0 radical (unpaired) electrons. The van der Waals surface area contributed by atoms with Crippen molar-refractivity contribution in [1.29, 1.82) is 0 Å². The van der Waals surface area contributed by atoms with E-state index >= 15 is 0 Å². The van der Waals surface area contributed by atoms with Gasteiger partial charge in [-0.25, -0.2) is 0 Å². The molecule has 0 bridgehead atoms. The van der Waals surface area contributed by atoms with Crippen LogP contribution < -0.4 is 0 Å². The van der Waals surface area contributed by atoms with Crippen LogP contribution in [0, 0.1) is 23.7 Å². The van der Waals surface area contributed by atoms with E-state index in [0.29, 0.717) is 5.92 Å². The topological polar surface area (TPSA) is 9.23 Å². The molecule has 1 saturated carbocycles. The van der Waals surface area contributed by atoms with E-state index in [4.69, 9.17) is 4.74 Å². The predicted molar refractivity (Wildman–Crippen MR) is 73.1 cm³/mol. The van der Waals surface area contributed by atoms with Crippen LogP contribution in [-0.2, 0) is 4.74 Å². The molecule has 1 aliphatic heterocycles. The summed E-state index contributed by atoms with van der Waals surface area (Å²) in [5, 5.41) is 0. The molecule has 18 heavy (non-hydrogen) atoms. The normalized spacial score (nSPS) is 49.3. The molecule has 1 nitrogen and oxygen atoms in total. The Morgan fingerprint density at radius 2 is 2.17 bits per heavy atom. The summed E-state index contributed by atoms with van der Waals surface area (Å²) in [5.74, 6) is 3.22. The lowest BCUT2D eigenvalue weighted by molar-refractivity contribution is -0.0701. The van der Waals surface area contributed by atoms with E-state index < -0.39 is 0 Å². The molecule has 0 N–H and O–H groups in total. The molecule has 4 rings (SSSR count). The van der Waals surface area contributed by atoms with Crippen LogP contribution in [0.1, 0.15) is 32.6 Å². The van der Waals surface area contributed by atoms with Gasteiger partial charge in [0.25, 0.3) is 0 Å². The zero-order chi connectivity index (χ0) is 12.2. The van der Waals surface area contributed by atoms with Crippen LogP contribution in [0.15, 0.2) is 36.0 Å². The summed E-state index contributed by atoms with van der Waals surface area (Å²) >= 11 is 0. The molecule has 3 aliphatic carbocycles. The van der Waals surface area contributed by atoms with Crippen LogP contribution in [0.4, 0.5) is 0 Å². The fourth-order valence-electron chi connectivity index (χ4n) is 4.95. The summed E-state index contributed by atoms with van der Waals surface area (Å²) in [5.41, 5.74) is 1.77. The van der Waals surface area contributed by atoms with Gasteiger partial charge in [0, 0.05) is 12.5 Å². The highest BCUT2D eigenvalue weighted by molar-refractivity contribution is 5.36. The van der Waals surface area contributed by atoms with Crippen molar-refractivity contribution >= 4 is 0 Å². The second-order valence-corrected chi connectivity index (χ2v) is 6.63. The smallest absolute Gasteiger partial charge is 0.0686 e. The Labute approximate surface area is 110 Å². The first-order valence-corrected chi connectivity index (χ1v) is 7.47. The summed E-state index contributed by atoms with van der Waals surface area (Å²) < 4.78 is 6.08. The van der Waals surface area contributed by atoms with Gasteiger partial charge in [-0.15, -0.1) is 0 Å². The van der Waals surface area contributed by atoms with Crippen molar-refractivity contribution in [3.63, 3.8) is 0 Å². The standard InChI is InChI=1S/C17H22O/c1-17-10-8-14-13-5-3-2-4-12(13)6-7-15(14)16(17)9-11-18-17/h2-6,13-16H,7-11H2,1H3/t13-,14+,15+,16-,17-/m0/s1. The van der Waals surface area contributed by atoms with Crippen molar-refractivity contribution in [2.24, 2.45) is 23.7 Å². The van der Waals surface area contributed by atoms with Gasteiger partial charge in [0.2, 0.25) is 0 Å². The van der Waals surface area contributed by atoms with Gasteiger partial charge in [-0.3, -0.25) is 0 Å². The van der Waals surface area contributed by atoms with Crippen molar-refractivity contribution in [2.75, 3.05) is 6.61 Å². The Balaban J connectivity index is 1.69. The van der Waals surface area contributed by atoms with Gasteiger partial charge in [0.1, 0.15) is 0 Å². The van der Waals surface area contributed by atoms with Crippen LogP contribution in [0.5, 0.6) is 0 Å². The van der Waals surface area contributed by atoms with Gasteiger partial charge < -0.3 is 4.74 Å². The Morgan fingerprint density at radius 1 is 1.22 bits per heavy atom. The summed E-state index contributed by atoms with van der Waals surface area (Å²) in [4.78, 5) is 0. The lowest BCUT2D eigenvalue weighted by Crippen LogP contribution is -2.47. The molecule has 96 valence electrons. The first-order chi connectivity index (χ1) is 8.78. The van der Waals surface area contributed by atoms with Gasteiger partial charge in [0.15, 0.2) is 0 Å². The van der Waals surface area contributed by atoms with E-state index in [9.17, 15) is 0 Å². The van der Waals surface area contributed by atoms with Gasteiger partial charge in [0.05, 0.1) is 5.60 Å². The monoisotopic (exact) mass is 242 g/mol. The summed E-state index contributed by atoms with van der Waals surface area (Å²) in [7, 11) is 0. The first-order valence-electron chi connectivity index (χ1n) is 7.47. The fourth-order valence-corrected chi connectivity index (χ4v) is 4.95. The Hall–Kier alpha value is -0.820. The maximum absolute atomic E-state index is 6.08. The van der Waals surface area contributed by atoms with Crippen molar-refractivity contribution in [1.82, 2.24) is 0 Å². The van der Waals surface area contributed by atoms with E-state index in [2.05, 4.69) is 37.3 Å². The lowest BCUT2D eigenvalue weighted by atomic mass is 9.57. The van der Waals surface area contributed by atoms with Crippen LogP contribution in [-0.4, -0.2) is 12.2 Å². The minimum atomic E-state index is 0.195. The van der Waals surface area contributed by atoms with E-state index in [1.807, 2.05) is 0 Å². The molecule has 0 spiro atoms. The van der Waals surface area contributed by atoms with Gasteiger partial charge in [-0.05, 0) is 55.9 Å². The van der Waals surface area contributed by atoms with Crippen LogP contribution in [0.2, 0.25) is 0 Å². The predicted octanol–water partition coefficient (Wildman–Crippen LogP) is 3.88. The Morgan fingerprint density at radius 3 is 3.11 bits per heavy atom. The highest BCUT2D eigenvalue weighted by Crippen LogP contribution is 2.55. The zero-order valence-electron chi connectivity index (χ0n) is 11.1. The van der Waals surface area contributed by atoms with Crippen LogP contribution in [0.25, 0.3) is 0 Å². The minimum absolute atomic E-state index is 0.195. The second kappa shape index (κ2) is 3.84. The largest absolute Gasteiger partial charge is 0.375 e. The van der Waals surface area contributed by atoms with E-state index in [0.717, 1.165) is 24.4 Å². The Bertz CT molecular complexity index is 445. The Kier molecular flexibility index (Phi) is 2.35. The molecule has 0 aromatic rings. The molecule has 0 amide bonds. The van der Waals surface area contributed by atoms with Gasteiger partial charge >= 0.3 is 0 Å². The fraction of sp³-hybridized carbons (Fsp3) is 0.647. The zero-order valence-corrected chi connectivity index (χ0v) is 11.1. The average Bonchev–Trinajstić information content (AvgIpc) is 2.80. The quantitative estimate of drug-likeness (QED) is 0.626. The van der Waals surface area contributed by atoms with Crippen LogP contribution >= 0.6 is 0 Å². The lowest BCUT2D eigenvalue weighted by Gasteiger charge is -2.49. The van der Waals surface area contributed by atoms with Crippen molar-refractivity contribution in [2.45, 2.75) is 38.2 Å². The minimum Gasteiger partial charge on any atom is -0.375 e. The van der Waals surface area contributed by atoms with E-state index in [1.54, 1.807) is 5.57 Å². The van der Waals surface area contributed by atoms with Crippen molar-refractivity contribution in [3.05, 3.63) is 36.0 Å². The van der Waals surface area contributed by atoms with E-state index in [1.165, 1.54) is 25.7 Å². The summed E-state index contributed by atoms with van der Waals surface area (Å²) in [6, 6.07) is 0. The molecule has 1 heterocycles. The molecular formula is C17H22O. The number of allylic oxidation sites excluding steroid dienone is 6. The second-order valence-electron chi connectivity index (χ2n) is 6.63. The number of hydrogen-bond acceptors (Lipinski definition) is 1. The SMILES string of the molecule is C[C@]12CC[C@H]3[C@@H](CC=C4C=CC=C[C@@H]43)[C@@H]1CCO2. The average molecular weight is 242 g/mol. The van der Waals surface area contributed by atoms with Gasteiger partial charge in [-0.2, -0.15) is 0 Å². The molecule has 0 unspecified atom stereocenters. The van der Waals surface area contributed by atoms with E-state index in [-0.39, 0.29) is 5.60 Å². The molecule has 2 fully saturated rings. The molecular weight excluding hydrogens is 220 g/mol. The summed E-state index contributed by atoms with van der Waals surface area (Å²) in [6.45, 7) is 3.35. The maximum Gasteiger partial charge on any atom is 0.0686 e. The molecule has 4 aliphatic rings. The highest BCUT2D eigenvalue weighted by Gasteiger charge is 2.52. The highest BCUT2D eigenvalue weighted by atomic mass is 16.5. The molecule has 1 heteroatoms. The number of ether oxygens (including phenoxy) is 1. The van der Waals surface area contributed by atoms with Crippen molar-refractivity contribution < 1.29 is 4.74 Å². The molecule has 0 aromatic heterocycles. The summed E-state index contributed by atoms with van der Waals surface area (Å²) in [6.07, 6.45) is 16.8. The molecule has 1 saturated heterocycles. The van der Waals surface area contributed by atoms with Crippen molar-refractivity contribution in [3.8, 4) is 0 Å². The number of fused-ring (bicyclic) bond motifs is 5. The molecule has 5 atom stereocenters. The number of rotatable bonds is 0. The van der Waals surface area contributed by atoms with Gasteiger partial charge in [-0.1, -0.05) is 30.4 Å². The first kappa shape index (κ1) is 11.0. The third kappa shape index (κ3) is 1.43. The number of hydrogen-bond donors (Lipinski definition) is 0. The van der Waals surface area contributed by atoms with Crippen LogP contribution in [0.3, 0.4) is 0 Å².